The van der Waals surface area contributed by atoms with Crippen molar-refractivity contribution >= 4 is 11.7 Å². The van der Waals surface area contributed by atoms with E-state index in [1.54, 1.807) is 6.07 Å². The van der Waals surface area contributed by atoms with Gasteiger partial charge in [0.1, 0.15) is 11.5 Å². The Kier molecular flexibility index (Phi) is 3.61. The van der Waals surface area contributed by atoms with E-state index in [2.05, 4.69) is 10.3 Å². The van der Waals surface area contributed by atoms with Gasteiger partial charge in [0.05, 0.1) is 6.10 Å². The molecule has 2 atom stereocenters. The Balaban J connectivity index is 1.81. The van der Waals surface area contributed by atoms with Gasteiger partial charge in [-0.25, -0.2) is 4.98 Å². The summed E-state index contributed by atoms with van der Waals surface area (Å²) in [7, 11) is 0. The van der Waals surface area contributed by atoms with Crippen molar-refractivity contribution in [2.75, 3.05) is 11.9 Å². The first kappa shape index (κ1) is 13.4. The normalized spacial score (nSPS) is 28.5. The fourth-order valence-electron chi connectivity index (χ4n) is 3.45. The molecule has 1 aromatic rings. The first-order valence-corrected chi connectivity index (χ1v) is 7.40. The van der Waals surface area contributed by atoms with Crippen LogP contribution in [0.15, 0.2) is 18.2 Å². The lowest BCUT2D eigenvalue weighted by Crippen LogP contribution is -2.48. The summed E-state index contributed by atoms with van der Waals surface area (Å²) in [6.07, 6.45) is 3.16. The first-order valence-electron chi connectivity index (χ1n) is 7.40. The maximum Gasteiger partial charge on any atom is 0.273 e. The summed E-state index contributed by atoms with van der Waals surface area (Å²) >= 11 is 0. The maximum atomic E-state index is 12.7. The number of nitrogens with zero attached hydrogens (tertiary/aromatic N) is 2. The number of hydrogen-bond donors (Lipinski definition) is 2. The van der Waals surface area contributed by atoms with Crippen LogP contribution in [0, 0.1) is 0 Å². The molecule has 3 heterocycles. The lowest BCUT2D eigenvalue weighted by molar-refractivity contribution is 0.0282. The molecule has 1 aromatic heterocycles. The van der Waals surface area contributed by atoms with Crippen LogP contribution in [0.4, 0.5) is 5.82 Å². The van der Waals surface area contributed by atoms with E-state index in [0.717, 1.165) is 25.2 Å². The number of amides is 1. The smallest absolute Gasteiger partial charge is 0.273 e. The molecule has 5 nitrogen and oxygen atoms in total. The van der Waals surface area contributed by atoms with Crippen LogP contribution in [0.3, 0.4) is 0 Å². The Morgan fingerprint density at radius 2 is 2.10 bits per heavy atom. The average molecular weight is 275 g/mol. The number of aromatic nitrogens is 1. The van der Waals surface area contributed by atoms with Crippen LogP contribution in [-0.4, -0.2) is 45.6 Å². The Hall–Kier alpha value is -1.62. The molecule has 2 bridgehead atoms. The Bertz CT molecular complexity index is 492. The van der Waals surface area contributed by atoms with Crippen molar-refractivity contribution in [2.24, 2.45) is 0 Å². The van der Waals surface area contributed by atoms with Crippen LogP contribution in [0.25, 0.3) is 0 Å². The first-order chi connectivity index (χ1) is 9.69. The highest BCUT2D eigenvalue weighted by Gasteiger charge is 2.43. The van der Waals surface area contributed by atoms with E-state index < -0.39 is 0 Å². The van der Waals surface area contributed by atoms with Crippen molar-refractivity contribution in [3.05, 3.63) is 23.9 Å². The average Bonchev–Trinajstić information content (AvgIpc) is 2.71. The fourth-order valence-corrected chi connectivity index (χ4v) is 3.45. The summed E-state index contributed by atoms with van der Waals surface area (Å²) in [4.78, 5) is 19.0. The molecule has 0 spiro atoms. The number of carbonyl (C=O) groups is 1. The van der Waals surface area contributed by atoms with E-state index in [4.69, 9.17) is 0 Å². The highest BCUT2D eigenvalue weighted by Crippen LogP contribution is 2.36. The van der Waals surface area contributed by atoms with Gasteiger partial charge in [0.15, 0.2) is 0 Å². The molecule has 2 unspecified atom stereocenters. The number of fused-ring (bicyclic) bond motifs is 2. The standard InChI is InChI=1S/C15H21N3O2/c1-2-16-14-5-3-4-13(17-14)15(20)18-10-6-7-11(18)9-12(19)8-10/h3-5,10-12,19H,2,6-9H2,1H3,(H,16,17). The number of aliphatic hydroxyl groups excluding tert-OH is 1. The molecule has 1 amide bonds. The number of rotatable bonds is 3. The predicted octanol–water partition coefficient (Wildman–Crippen LogP) is 1.64. The summed E-state index contributed by atoms with van der Waals surface area (Å²) < 4.78 is 0. The lowest BCUT2D eigenvalue weighted by Gasteiger charge is -2.37. The van der Waals surface area contributed by atoms with Crippen molar-refractivity contribution in [3.63, 3.8) is 0 Å². The molecule has 3 rings (SSSR count). The largest absolute Gasteiger partial charge is 0.393 e. The SMILES string of the molecule is CCNc1cccc(C(=O)N2C3CCC2CC(O)C3)n1. The van der Waals surface area contributed by atoms with Gasteiger partial charge in [0.25, 0.3) is 5.91 Å². The molecule has 0 radical (unpaired) electrons. The minimum Gasteiger partial charge on any atom is -0.393 e. The highest BCUT2D eigenvalue weighted by molar-refractivity contribution is 5.93. The minimum absolute atomic E-state index is 0.00385. The molecule has 0 saturated carbocycles. The molecule has 0 aliphatic carbocycles. The molecular weight excluding hydrogens is 254 g/mol. The third-order valence-corrected chi connectivity index (χ3v) is 4.27. The van der Waals surface area contributed by atoms with Crippen LogP contribution in [0.2, 0.25) is 0 Å². The van der Waals surface area contributed by atoms with Crippen LogP contribution in [0.5, 0.6) is 0 Å². The predicted molar refractivity (Wildman–Crippen MR) is 76.6 cm³/mol. The zero-order chi connectivity index (χ0) is 14.1. The zero-order valence-corrected chi connectivity index (χ0v) is 11.7. The quantitative estimate of drug-likeness (QED) is 0.880. The van der Waals surface area contributed by atoms with Gasteiger partial charge in [-0.1, -0.05) is 6.07 Å². The third-order valence-electron chi connectivity index (χ3n) is 4.27. The van der Waals surface area contributed by atoms with Gasteiger partial charge in [0.2, 0.25) is 0 Å². The van der Waals surface area contributed by atoms with Crippen LogP contribution in [-0.2, 0) is 0 Å². The zero-order valence-electron chi connectivity index (χ0n) is 11.7. The molecule has 2 saturated heterocycles. The van der Waals surface area contributed by atoms with E-state index in [-0.39, 0.29) is 24.1 Å². The van der Waals surface area contributed by atoms with Gasteiger partial charge >= 0.3 is 0 Å². The van der Waals surface area contributed by atoms with Gasteiger partial charge < -0.3 is 15.3 Å². The van der Waals surface area contributed by atoms with E-state index in [1.165, 1.54) is 0 Å². The van der Waals surface area contributed by atoms with E-state index in [9.17, 15) is 9.90 Å². The summed E-state index contributed by atoms with van der Waals surface area (Å²) in [5.41, 5.74) is 0.497. The number of carbonyl (C=O) groups excluding carboxylic acids is 1. The van der Waals surface area contributed by atoms with Crippen LogP contribution < -0.4 is 5.32 Å². The molecule has 2 fully saturated rings. The minimum atomic E-state index is -0.252. The molecule has 2 N–H and O–H groups in total. The van der Waals surface area contributed by atoms with Crippen molar-refractivity contribution in [3.8, 4) is 0 Å². The number of anilines is 1. The lowest BCUT2D eigenvalue weighted by atomic mass is 9.99. The molecule has 5 heteroatoms. The molecule has 108 valence electrons. The van der Waals surface area contributed by atoms with Crippen LogP contribution >= 0.6 is 0 Å². The highest BCUT2D eigenvalue weighted by atomic mass is 16.3. The Morgan fingerprint density at radius 1 is 1.40 bits per heavy atom. The van der Waals surface area contributed by atoms with Gasteiger partial charge in [-0.05, 0) is 44.7 Å². The number of pyridine rings is 1. The Labute approximate surface area is 119 Å². The molecule has 2 aliphatic rings. The molecule has 20 heavy (non-hydrogen) atoms. The topological polar surface area (TPSA) is 65.5 Å². The number of aliphatic hydroxyl groups is 1. The summed E-state index contributed by atoms with van der Waals surface area (Å²) in [5, 5.41) is 12.9. The van der Waals surface area contributed by atoms with Crippen molar-refractivity contribution in [1.82, 2.24) is 9.88 Å². The van der Waals surface area contributed by atoms with Crippen LogP contribution in [0.1, 0.15) is 43.1 Å². The molecular formula is C15H21N3O2. The van der Waals surface area contributed by atoms with Crippen molar-refractivity contribution in [2.45, 2.75) is 50.8 Å². The van der Waals surface area contributed by atoms with E-state index in [1.807, 2.05) is 24.0 Å². The maximum absolute atomic E-state index is 12.7. The number of nitrogens with one attached hydrogen (secondary N) is 1. The summed E-state index contributed by atoms with van der Waals surface area (Å²) in [6, 6.07) is 5.86. The van der Waals surface area contributed by atoms with Gasteiger partial charge in [-0.15, -0.1) is 0 Å². The molecule has 0 aromatic carbocycles. The van der Waals surface area contributed by atoms with Gasteiger partial charge in [-0.3, -0.25) is 4.79 Å². The summed E-state index contributed by atoms with van der Waals surface area (Å²) in [6.45, 7) is 2.79. The second kappa shape index (κ2) is 5.40. The van der Waals surface area contributed by atoms with Crippen molar-refractivity contribution in [1.29, 1.82) is 0 Å². The summed E-state index contributed by atoms with van der Waals surface area (Å²) in [5.74, 6) is 0.742. The van der Waals surface area contributed by atoms with Crippen molar-refractivity contribution < 1.29 is 9.90 Å². The molecule has 2 aliphatic heterocycles. The van der Waals surface area contributed by atoms with E-state index >= 15 is 0 Å². The third kappa shape index (κ3) is 2.38. The van der Waals surface area contributed by atoms with Gasteiger partial charge in [-0.2, -0.15) is 0 Å². The number of hydrogen-bond acceptors (Lipinski definition) is 4. The van der Waals surface area contributed by atoms with E-state index in [0.29, 0.717) is 18.5 Å². The second-order valence-electron chi connectivity index (χ2n) is 5.66. The number of piperidine rings is 1. The second-order valence-corrected chi connectivity index (χ2v) is 5.66. The Morgan fingerprint density at radius 3 is 2.75 bits per heavy atom. The monoisotopic (exact) mass is 275 g/mol. The van der Waals surface area contributed by atoms with Gasteiger partial charge in [0, 0.05) is 18.6 Å². The fraction of sp³-hybridized carbons (Fsp3) is 0.600.